The first-order chi connectivity index (χ1) is 14.4. The summed E-state index contributed by atoms with van der Waals surface area (Å²) in [5.41, 5.74) is 3.81. The maximum Gasteiger partial charge on any atom is 0.330 e. The Labute approximate surface area is 175 Å². The molecule has 0 unspecified atom stereocenters. The van der Waals surface area contributed by atoms with Gasteiger partial charge in [0.05, 0.1) is 7.11 Å². The molecular formula is C24H24N2O4. The molecule has 0 atom stereocenters. The summed E-state index contributed by atoms with van der Waals surface area (Å²) in [5.74, 6) is -0.193. The molecule has 30 heavy (non-hydrogen) atoms. The second-order valence-electron chi connectivity index (χ2n) is 7.04. The molecule has 0 bridgehead atoms. The van der Waals surface area contributed by atoms with E-state index >= 15 is 0 Å². The van der Waals surface area contributed by atoms with Crippen molar-refractivity contribution < 1.29 is 19.1 Å². The molecule has 3 rings (SSSR count). The summed E-state index contributed by atoms with van der Waals surface area (Å²) in [6.07, 6.45) is 4.49. The largest absolute Gasteiger partial charge is 0.466 e. The average Bonchev–Trinajstić information content (AvgIpc) is 3.08. The Hall–Kier alpha value is -3.54. The molecule has 6 heteroatoms. The maximum absolute atomic E-state index is 12.8. The SMILES string of the molecule is CCCN1C(=NC(=O)c2cccc(C(C)=O)c2)Cc2cc(/C=C/C(=O)OC)ccc21. The van der Waals surface area contributed by atoms with Gasteiger partial charge in [0.25, 0.3) is 5.91 Å². The summed E-state index contributed by atoms with van der Waals surface area (Å²) in [6, 6.07) is 12.5. The van der Waals surface area contributed by atoms with Crippen molar-refractivity contribution in [2.45, 2.75) is 26.7 Å². The van der Waals surface area contributed by atoms with Crippen LogP contribution in [0, 0.1) is 0 Å². The van der Waals surface area contributed by atoms with Gasteiger partial charge in [0.15, 0.2) is 5.78 Å². The van der Waals surface area contributed by atoms with Crippen molar-refractivity contribution >= 4 is 35.3 Å². The number of rotatable bonds is 6. The number of anilines is 1. The molecule has 6 nitrogen and oxygen atoms in total. The number of ketones is 1. The number of amidine groups is 1. The highest BCUT2D eigenvalue weighted by Gasteiger charge is 2.26. The third-order valence-corrected chi connectivity index (χ3v) is 4.86. The molecule has 0 fully saturated rings. The van der Waals surface area contributed by atoms with Crippen molar-refractivity contribution in [2.75, 3.05) is 18.6 Å². The highest BCUT2D eigenvalue weighted by atomic mass is 16.5. The van der Waals surface area contributed by atoms with Gasteiger partial charge in [0, 0.05) is 35.9 Å². The van der Waals surface area contributed by atoms with Crippen molar-refractivity contribution in [3.8, 4) is 0 Å². The van der Waals surface area contributed by atoms with Crippen LogP contribution in [0.4, 0.5) is 5.69 Å². The number of benzene rings is 2. The van der Waals surface area contributed by atoms with Crippen LogP contribution in [0.25, 0.3) is 6.08 Å². The van der Waals surface area contributed by atoms with E-state index in [-0.39, 0.29) is 11.7 Å². The van der Waals surface area contributed by atoms with Crippen LogP contribution >= 0.6 is 0 Å². The smallest absolute Gasteiger partial charge is 0.330 e. The van der Waals surface area contributed by atoms with Crippen LogP contribution in [-0.2, 0) is 16.0 Å². The molecule has 1 amide bonds. The molecule has 0 N–H and O–H groups in total. The van der Waals surface area contributed by atoms with Crippen molar-refractivity contribution in [3.05, 3.63) is 70.8 Å². The first kappa shape index (κ1) is 21.2. The second-order valence-corrected chi connectivity index (χ2v) is 7.04. The third kappa shape index (κ3) is 4.71. The number of esters is 1. The lowest BCUT2D eigenvalue weighted by molar-refractivity contribution is -0.134. The quantitative estimate of drug-likeness (QED) is 0.412. The van der Waals surface area contributed by atoms with Crippen LogP contribution in [-0.4, -0.2) is 37.1 Å². The van der Waals surface area contributed by atoms with Gasteiger partial charge in [-0.25, -0.2) is 4.79 Å². The van der Waals surface area contributed by atoms with E-state index in [0.717, 1.165) is 29.8 Å². The Balaban J connectivity index is 1.89. The molecule has 154 valence electrons. The predicted molar refractivity (Wildman–Crippen MR) is 117 cm³/mol. The summed E-state index contributed by atoms with van der Waals surface area (Å²) in [4.78, 5) is 42.1. The van der Waals surface area contributed by atoms with E-state index in [0.29, 0.717) is 23.4 Å². The number of hydrogen-bond acceptors (Lipinski definition) is 4. The van der Waals surface area contributed by atoms with Gasteiger partial charge in [0.1, 0.15) is 5.84 Å². The van der Waals surface area contributed by atoms with Gasteiger partial charge in [-0.15, -0.1) is 0 Å². The molecule has 0 aliphatic carbocycles. The molecule has 1 aliphatic rings. The first-order valence-corrected chi connectivity index (χ1v) is 9.82. The molecule has 0 saturated carbocycles. The highest BCUT2D eigenvalue weighted by Crippen LogP contribution is 2.31. The molecule has 0 spiro atoms. The molecule has 0 radical (unpaired) electrons. The van der Waals surface area contributed by atoms with Crippen LogP contribution in [0.1, 0.15) is 52.1 Å². The summed E-state index contributed by atoms with van der Waals surface area (Å²) >= 11 is 0. The van der Waals surface area contributed by atoms with Crippen molar-refractivity contribution in [3.63, 3.8) is 0 Å². The maximum atomic E-state index is 12.8. The Morgan fingerprint density at radius 2 is 1.90 bits per heavy atom. The fourth-order valence-corrected chi connectivity index (χ4v) is 3.38. The number of nitrogens with zero attached hydrogens (tertiary/aromatic N) is 2. The lowest BCUT2D eigenvalue weighted by Gasteiger charge is -2.19. The number of ether oxygens (including phenoxy) is 1. The van der Waals surface area contributed by atoms with Gasteiger partial charge in [0.2, 0.25) is 0 Å². The predicted octanol–water partition coefficient (Wildman–Crippen LogP) is 4.09. The summed E-state index contributed by atoms with van der Waals surface area (Å²) in [7, 11) is 1.34. The standard InChI is InChI=1S/C24H24N2O4/c1-4-12-26-21-10-8-17(9-11-23(28)30-3)13-20(21)15-22(26)25-24(29)19-7-5-6-18(14-19)16(2)27/h5-11,13-14H,4,12,15H2,1-3H3/b11-9+,25-22?. The second kappa shape index (κ2) is 9.31. The molecule has 2 aromatic carbocycles. The van der Waals surface area contributed by atoms with Crippen molar-refractivity contribution in [2.24, 2.45) is 4.99 Å². The zero-order valence-electron chi connectivity index (χ0n) is 17.3. The van der Waals surface area contributed by atoms with E-state index < -0.39 is 5.97 Å². The van der Waals surface area contributed by atoms with Crippen LogP contribution in [0.15, 0.2) is 53.5 Å². The van der Waals surface area contributed by atoms with Gasteiger partial charge in [-0.3, -0.25) is 9.59 Å². The fourth-order valence-electron chi connectivity index (χ4n) is 3.38. The van der Waals surface area contributed by atoms with Gasteiger partial charge < -0.3 is 9.64 Å². The summed E-state index contributed by atoms with van der Waals surface area (Å²) in [5, 5.41) is 0. The number of hydrogen-bond donors (Lipinski definition) is 0. The molecule has 2 aromatic rings. The minimum atomic E-state index is -0.413. The van der Waals surface area contributed by atoms with E-state index in [1.807, 2.05) is 18.2 Å². The highest BCUT2D eigenvalue weighted by molar-refractivity contribution is 6.13. The van der Waals surface area contributed by atoms with E-state index in [1.54, 1.807) is 30.3 Å². The third-order valence-electron chi connectivity index (χ3n) is 4.86. The Morgan fingerprint density at radius 3 is 2.60 bits per heavy atom. The first-order valence-electron chi connectivity index (χ1n) is 9.82. The van der Waals surface area contributed by atoms with Crippen LogP contribution in [0.2, 0.25) is 0 Å². The fraction of sp³-hybridized carbons (Fsp3) is 0.250. The van der Waals surface area contributed by atoms with E-state index in [9.17, 15) is 14.4 Å². The van der Waals surface area contributed by atoms with E-state index in [2.05, 4.69) is 21.6 Å². The van der Waals surface area contributed by atoms with Gasteiger partial charge in [-0.2, -0.15) is 4.99 Å². The Bertz CT molecular complexity index is 1050. The number of fused-ring (bicyclic) bond motifs is 1. The zero-order chi connectivity index (χ0) is 21.7. The average molecular weight is 404 g/mol. The van der Waals surface area contributed by atoms with E-state index in [1.165, 1.54) is 20.1 Å². The summed E-state index contributed by atoms with van der Waals surface area (Å²) < 4.78 is 4.63. The topological polar surface area (TPSA) is 76.0 Å². The molecule has 0 aromatic heterocycles. The number of aliphatic imine (C=N–C) groups is 1. The lowest BCUT2D eigenvalue weighted by Crippen LogP contribution is -2.28. The van der Waals surface area contributed by atoms with Crippen molar-refractivity contribution in [1.29, 1.82) is 0 Å². The normalized spacial score (nSPS) is 14.2. The van der Waals surface area contributed by atoms with Gasteiger partial charge in [-0.05, 0) is 54.8 Å². The lowest BCUT2D eigenvalue weighted by atomic mass is 10.1. The zero-order valence-corrected chi connectivity index (χ0v) is 17.3. The number of Topliss-reactive ketones (excluding diaryl/α,β-unsaturated/α-hetero) is 1. The number of carbonyl (C=O) groups is 3. The molecule has 1 heterocycles. The Morgan fingerprint density at radius 1 is 1.13 bits per heavy atom. The minimum Gasteiger partial charge on any atom is -0.466 e. The monoisotopic (exact) mass is 404 g/mol. The van der Waals surface area contributed by atoms with Gasteiger partial charge >= 0.3 is 5.97 Å². The Kier molecular flexibility index (Phi) is 6.57. The molecular weight excluding hydrogens is 380 g/mol. The van der Waals surface area contributed by atoms with E-state index in [4.69, 9.17) is 0 Å². The van der Waals surface area contributed by atoms with Crippen LogP contribution in [0.3, 0.4) is 0 Å². The summed E-state index contributed by atoms with van der Waals surface area (Å²) in [6.45, 7) is 4.28. The minimum absolute atomic E-state index is 0.0919. The molecule has 0 saturated heterocycles. The van der Waals surface area contributed by atoms with Crippen molar-refractivity contribution in [1.82, 2.24) is 0 Å². The van der Waals surface area contributed by atoms with Crippen LogP contribution in [0.5, 0.6) is 0 Å². The molecule has 1 aliphatic heterocycles. The number of amides is 1. The number of methoxy groups -OCH3 is 1. The number of carbonyl (C=O) groups excluding carboxylic acids is 3. The van der Waals surface area contributed by atoms with Crippen LogP contribution < -0.4 is 4.90 Å². The van der Waals surface area contributed by atoms with Gasteiger partial charge in [-0.1, -0.05) is 25.1 Å².